The summed E-state index contributed by atoms with van der Waals surface area (Å²) < 4.78 is 0. The smallest absolute Gasteiger partial charge is 0.183 e. The highest BCUT2D eigenvalue weighted by Crippen LogP contribution is 2.13. The first-order chi connectivity index (χ1) is 6.81. The molecular formula is C7H9N7. The molecule has 0 bridgehead atoms. The van der Waals surface area contributed by atoms with Gasteiger partial charge in [-0.15, -0.1) is 0 Å². The molecule has 0 atom stereocenters. The highest BCUT2D eigenvalue weighted by molar-refractivity contribution is 5.51. The van der Waals surface area contributed by atoms with Crippen molar-refractivity contribution >= 4 is 5.82 Å². The number of nitrogen functional groups attached to an aromatic ring is 1. The molecule has 7 nitrogen and oxygen atoms in total. The van der Waals surface area contributed by atoms with Crippen LogP contribution < -0.4 is 11.5 Å². The van der Waals surface area contributed by atoms with Crippen LogP contribution >= 0.6 is 0 Å². The standard InChI is InChI=1S/C7H9N7/c8-1-4-2-10-7(12-6(4)9)5-3-11-14-13-5/h2-3H,1,8H2,(H2,9,10,12)(H,11,13,14). The number of nitrogens with two attached hydrogens (primary N) is 2. The molecule has 0 saturated heterocycles. The Bertz CT molecular complexity index is 422. The van der Waals surface area contributed by atoms with Gasteiger partial charge in [-0.1, -0.05) is 0 Å². The van der Waals surface area contributed by atoms with E-state index in [-0.39, 0.29) is 0 Å². The number of nitrogens with zero attached hydrogens (tertiary/aromatic N) is 4. The monoisotopic (exact) mass is 191 g/mol. The fraction of sp³-hybridized carbons (Fsp3) is 0.143. The van der Waals surface area contributed by atoms with Crippen molar-refractivity contribution in [2.75, 3.05) is 5.73 Å². The Labute approximate surface area is 79.6 Å². The molecular weight excluding hydrogens is 182 g/mol. The van der Waals surface area contributed by atoms with Gasteiger partial charge in [-0.25, -0.2) is 9.97 Å². The second-order valence-corrected chi connectivity index (χ2v) is 2.66. The van der Waals surface area contributed by atoms with E-state index in [1.54, 1.807) is 6.20 Å². The topological polar surface area (TPSA) is 119 Å². The molecule has 0 aromatic carbocycles. The Morgan fingerprint density at radius 1 is 1.36 bits per heavy atom. The molecule has 5 N–H and O–H groups in total. The van der Waals surface area contributed by atoms with E-state index in [0.717, 1.165) is 5.56 Å². The average Bonchev–Trinajstić information content (AvgIpc) is 2.70. The molecule has 0 amide bonds. The summed E-state index contributed by atoms with van der Waals surface area (Å²) in [7, 11) is 0. The van der Waals surface area contributed by atoms with E-state index < -0.39 is 0 Å². The summed E-state index contributed by atoms with van der Waals surface area (Å²) in [5.74, 6) is 0.814. The van der Waals surface area contributed by atoms with Gasteiger partial charge in [0.1, 0.15) is 11.5 Å². The van der Waals surface area contributed by atoms with Gasteiger partial charge in [-0.2, -0.15) is 15.4 Å². The maximum absolute atomic E-state index is 5.65. The van der Waals surface area contributed by atoms with Crippen LogP contribution in [0.1, 0.15) is 5.56 Å². The third-order valence-electron chi connectivity index (χ3n) is 1.76. The first-order valence-corrected chi connectivity index (χ1v) is 3.99. The van der Waals surface area contributed by atoms with Crippen LogP contribution in [0.5, 0.6) is 0 Å². The van der Waals surface area contributed by atoms with Gasteiger partial charge in [-0.3, -0.25) is 0 Å². The summed E-state index contributed by atoms with van der Waals surface area (Å²) in [6.45, 7) is 0.324. The molecule has 2 rings (SSSR count). The lowest BCUT2D eigenvalue weighted by Gasteiger charge is -2.01. The molecule has 2 heterocycles. The minimum absolute atomic E-state index is 0.324. The van der Waals surface area contributed by atoms with Gasteiger partial charge >= 0.3 is 0 Å². The summed E-state index contributed by atoms with van der Waals surface area (Å²) in [6, 6.07) is 0. The fourth-order valence-electron chi connectivity index (χ4n) is 1.01. The van der Waals surface area contributed by atoms with E-state index in [0.29, 0.717) is 23.9 Å². The highest BCUT2D eigenvalue weighted by atomic mass is 15.3. The van der Waals surface area contributed by atoms with E-state index in [4.69, 9.17) is 11.5 Å². The normalized spacial score (nSPS) is 10.4. The van der Waals surface area contributed by atoms with Crippen LogP contribution in [0.15, 0.2) is 12.4 Å². The zero-order valence-electron chi connectivity index (χ0n) is 7.31. The van der Waals surface area contributed by atoms with Crippen molar-refractivity contribution < 1.29 is 0 Å². The number of hydrogen-bond donors (Lipinski definition) is 3. The minimum Gasteiger partial charge on any atom is -0.383 e. The van der Waals surface area contributed by atoms with Gasteiger partial charge in [0.15, 0.2) is 5.82 Å². The molecule has 0 aliphatic rings. The molecule has 7 heteroatoms. The van der Waals surface area contributed by atoms with Gasteiger partial charge in [0.05, 0.1) is 6.20 Å². The number of hydrogen-bond acceptors (Lipinski definition) is 6. The summed E-state index contributed by atoms with van der Waals surface area (Å²) in [6.07, 6.45) is 3.11. The molecule has 0 aliphatic carbocycles. The van der Waals surface area contributed by atoms with Crippen LogP contribution in [-0.2, 0) is 6.54 Å². The van der Waals surface area contributed by atoms with E-state index >= 15 is 0 Å². The lowest BCUT2D eigenvalue weighted by molar-refractivity contribution is 0.936. The molecule has 0 unspecified atom stereocenters. The maximum atomic E-state index is 5.65. The average molecular weight is 191 g/mol. The van der Waals surface area contributed by atoms with Gasteiger partial charge in [0, 0.05) is 18.3 Å². The third kappa shape index (κ3) is 1.40. The third-order valence-corrected chi connectivity index (χ3v) is 1.76. The Hall–Kier alpha value is -2.02. The van der Waals surface area contributed by atoms with Crippen LogP contribution in [-0.4, -0.2) is 25.4 Å². The molecule has 0 radical (unpaired) electrons. The second kappa shape index (κ2) is 3.38. The Morgan fingerprint density at radius 2 is 2.21 bits per heavy atom. The van der Waals surface area contributed by atoms with Crippen molar-refractivity contribution in [3.63, 3.8) is 0 Å². The molecule has 2 aromatic heterocycles. The van der Waals surface area contributed by atoms with Crippen molar-refractivity contribution in [1.82, 2.24) is 25.4 Å². The van der Waals surface area contributed by atoms with E-state index in [1.165, 1.54) is 6.20 Å². The van der Waals surface area contributed by atoms with Gasteiger partial charge in [0.25, 0.3) is 0 Å². The molecule has 2 aromatic rings. The maximum Gasteiger partial charge on any atom is 0.183 e. The Morgan fingerprint density at radius 3 is 2.79 bits per heavy atom. The van der Waals surface area contributed by atoms with Crippen LogP contribution in [0.3, 0.4) is 0 Å². The number of H-pyrrole nitrogens is 1. The number of nitrogens with one attached hydrogen (secondary N) is 1. The zero-order chi connectivity index (χ0) is 9.97. The fourth-order valence-corrected chi connectivity index (χ4v) is 1.01. The molecule has 14 heavy (non-hydrogen) atoms. The first-order valence-electron chi connectivity index (χ1n) is 3.99. The van der Waals surface area contributed by atoms with Crippen molar-refractivity contribution in [2.45, 2.75) is 6.54 Å². The Balaban J connectivity index is 2.43. The number of aromatic amines is 1. The molecule has 0 saturated carbocycles. The molecule has 0 fully saturated rings. The van der Waals surface area contributed by atoms with E-state index in [9.17, 15) is 0 Å². The van der Waals surface area contributed by atoms with E-state index in [2.05, 4.69) is 25.4 Å². The van der Waals surface area contributed by atoms with Gasteiger partial charge in [0.2, 0.25) is 0 Å². The lowest BCUT2D eigenvalue weighted by atomic mass is 10.3. The second-order valence-electron chi connectivity index (χ2n) is 2.66. The van der Waals surface area contributed by atoms with Crippen molar-refractivity contribution in [1.29, 1.82) is 0 Å². The van der Waals surface area contributed by atoms with Crippen LogP contribution in [0.25, 0.3) is 11.5 Å². The molecule has 0 aliphatic heterocycles. The van der Waals surface area contributed by atoms with Crippen molar-refractivity contribution in [2.24, 2.45) is 5.73 Å². The van der Waals surface area contributed by atoms with Gasteiger partial charge < -0.3 is 11.5 Å². The van der Waals surface area contributed by atoms with Crippen LogP contribution in [0, 0.1) is 0 Å². The quantitative estimate of drug-likeness (QED) is 0.577. The highest BCUT2D eigenvalue weighted by Gasteiger charge is 2.06. The number of anilines is 1. The number of rotatable bonds is 2. The SMILES string of the molecule is NCc1cnc(-c2cn[nH]n2)nc1N. The zero-order valence-corrected chi connectivity index (χ0v) is 7.31. The molecule has 72 valence electrons. The van der Waals surface area contributed by atoms with Crippen molar-refractivity contribution in [3.8, 4) is 11.5 Å². The lowest BCUT2D eigenvalue weighted by Crippen LogP contribution is -2.05. The van der Waals surface area contributed by atoms with Crippen LogP contribution in [0.2, 0.25) is 0 Å². The first kappa shape index (κ1) is 8.57. The molecule has 0 spiro atoms. The van der Waals surface area contributed by atoms with Crippen LogP contribution in [0.4, 0.5) is 5.82 Å². The van der Waals surface area contributed by atoms with Crippen molar-refractivity contribution in [3.05, 3.63) is 18.0 Å². The Kier molecular flexibility index (Phi) is 2.07. The minimum atomic E-state index is 0.324. The summed E-state index contributed by atoms with van der Waals surface area (Å²) >= 11 is 0. The van der Waals surface area contributed by atoms with E-state index in [1.807, 2.05) is 0 Å². The predicted octanol–water partition coefficient (Wildman–Crippen LogP) is -0.697. The van der Waals surface area contributed by atoms with Gasteiger partial charge in [-0.05, 0) is 0 Å². The number of aromatic nitrogens is 5. The summed E-state index contributed by atoms with van der Waals surface area (Å²) in [5.41, 5.74) is 12.3. The predicted molar refractivity (Wildman–Crippen MR) is 49.7 cm³/mol. The summed E-state index contributed by atoms with van der Waals surface area (Å²) in [4.78, 5) is 8.11. The largest absolute Gasteiger partial charge is 0.383 e. The summed E-state index contributed by atoms with van der Waals surface area (Å²) in [5, 5.41) is 9.96.